The fourth-order valence-electron chi connectivity index (χ4n) is 3.26. The Morgan fingerprint density at radius 3 is 2.49 bits per heavy atom. The Kier molecular flexibility index (Phi) is 6.49. The number of nitrogens with zero attached hydrogens (tertiary/aromatic N) is 3. The van der Waals surface area contributed by atoms with Gasteiger partial charge in [-0.2, -0.15) is 0 Å². The molecule has 11 nitrogen and oxygen atoms in total. The van der Waals surface area contributed by atoms with Crippen molar-refractivity contribution in [1.29, 1.82) is 0 Å². The SMILES string of the molecule is CCOc1cc(/C=C2/C(=O)NC(=O)N(c3ccccc3)C2=O)ccc1Oc1ccc([N+](=O)[O-])cn1. The molecule has 11 heteroatoms. The molecule has 1 fully saturated rings. The number of hydrogen-bond acceptors (Lipinski definition) is 8. The van der Waals surface area contributed by atoms with E-state index in [0.29, 0.717) is 23.6 Å². The summed E-state index contributed by atoms with van der Waals surface area (Å²) < 4.78 is 11.3. The maximum absolute atomic E-state index is 13.0. The first-order valence-corrected chi connectivity index (χ1v) is 10.4. The van der Waals surface area contributed by atoms with Gasteiger partial charge >= 0.3 is 6.03 Å². The first-order valence-electron chi connectivity index (χ1n) is 10.4. The highest BCUT2D eigenvalue weighted by Gasteiger charge is 2.36. The summed E-state index contributed by atoms with van der Waals surface area (Å²) in [6, 6.07) is 14.7. The molecule has 1 aliphatic rings. The second kappa shape index (κ2) is 9.83. The number of ether oxygens (including phenoxy) is 2. The van der Waals surface area contributed by atoms with E-state index < -0.39 is 22.8 Å². The number of anilines is 1. The Balaban J connectivity index is 1.64. The number of carbonyl (C=O) groups excluding carboxylic acids is 3. The first kappa shape index (κ1) is 23.1. The molecule has 0 radical (unpaired) electrons. The summed E-state index contributed by atoms with van der Waals surface area (Å²) in [5, 5.41) is 13.0. The van der Waals surface area contributed by atoms with Gasteiger partial charge in [0.2, 0.25) is 5.88 Å². The Morgan fingerprint density at radius 1 is 1.06 bits per heavy atom. The van der Waals surface area contributed by atoms with Crippen molar-refractivity contribution in [3.8, 4) is 17.4 Å². The number of aromatic nitrogens is 1. The molecular formula is C24H18N4O7. The molecule has 1 aromatic heterocycles. The zero-order valence-corrected chi connectivity index (χ0v) is 18.3. The molecule has 1 saturated heterocycles. The summed E-state index contributed by atoms with van der Waals surface area (Å²) in [5.41, 5.74) is 0.352. The highest BCUT2D eigenvalue weighted by molar-refractivity contribution is 6.39. The Labute approximate surface area is 198 Å². The molecule has 0 saturated carbocycles. The van der Waals surface area contributed by atoms with Gasteiger partial charge in [-0.3, -0.25) is 25.0 Å². The molecule has 3 aromatic rings. The average Bonchev–Trinajstić information content (AvgIpc) is 2.84. The third kappa shape index (κ3) is 4.98. The standard InChI is InChI=1S/C24H18N4O7/c1-2-34-20-13-15(8-10-19(20)35-21-11-9-17(14-25-21)28(32)33)12-18-22(29)26-24(31)27(23(18)30)16-6-4-3-5-7-16/h3-14H,2H2,1H3,(H,26,29,31)/b18-12-. The number of rotatable bonds is 7. The zero-order chi connectivity index (χ0) is 24.9. The van der Waals surface area contributed by atoms with Crippen LogP contribution in [-0.4, -0.2) is 34.4 Å². The van der Waals surface area contributed by atoms with Crippen molar-refractivity contribution < 1.29 is 28.8 Å². The minimum absolute atomic E-state index is 0.113. The van der Waals surface area contributed by atoms with E-state index >= 15 is 0 Å². The van der Waals surface area contributed by atoms with Crippen LogP contribution in [0.25, 0.3) is 6.08 Å². The largest absolute Gasteiger partial charge is 0.490 e. The van der Waals surface area contributed by atoms with E-state index in [4.69, 9.17) is 9.47 Å². The smallest absolute Gasteiger partial charge is 0.335 e. The van der Waals surface area contributed by atoms with Gasteiger partial charge < -0.3 is 9.47 Å². The van der Waals surface area contributed by atoms with Crippen LogP contribution in [0.5, 0.6) is 17.4 Å². The second-order valence-corrected chi connectivity index (χ2v) is 7.15. The van der Waals surface area contributed by atoms with Crippen LogP contribution in [0.1, 0.15) is 12.5 Å². The van der Waals surface area contributed by atoms with Crippen molar-refractivity contribution in [2.24, 2.45) is 0 Å². The van der Waals surface area contributed by atoms with Gasteiger partial charge in [-0.1, -0.05) is 24.3 Å². The van der Waals surface area contributed by atoms with Crippen molar-refractivity contribution >= 4 is 35.3 Å². The second-order valence-electron chi connectivity index (χ2n) is 7.15. The molecule has 176 valence electrons. The topological polar surface area (TPSA) is 141 Å². The number of carbonyl (C=O) groups is 3. The number of urea groups is 1. The van der Waals surface area contributed by atoms with Gasteiger partial charge in [0.25, 0.3) is 17.5 Å². The molecule has 35 heavy (non-hydrogen) atoms. The molecule has 0 spiro atoms. The minimum Gasteiger partial charge on any atom is -0.490 e. The summed E-state index contributed by atoms with van der Waals surface area (Å²) in [6.45, 7) is 2.06. The molecule has 2 heterocycles. The third-order valence-corrected chi connectivity index (χ3v) is 4.84. The minimum atomic E-state index is -0.835. The fourth-order valence-corrected chi connectivity index (χ4v) is 3.26. The number of hydrogen-bond donors (Lipinski definition) is 1. The fraction of sp³-hybridized carbons (Fsp3) is 0.0833. The maximum Gasteiger partial charge on any atom is 0.335 e. The van der Waals surface area contributed by atoms with Crippen LogP contribution in [0.4, 0.5) is 16.2 Å². The maximum atomic E-state index is 13.0. The number of barbiturate groups is 1. The van der Waals surface area contributed by atoms with E-state index in [9.17, 15) is 24.5 Å². The number of benzene rings is 2. The van der Waals surface area contributed by atoms with Gasteiger partial charge in [0.05, 0.1) is 17.2 Å². The van der Waals surface area contributed by atoms with Crippen LogP contribution in [0.15, 0.2) is 72.4 Å². The van der Waals surface area contributed by atoms with E-state index in [2.05, 4.69) is 10.3 Å². The van der Waals surface area contributed by atoms with E-state index in [0.717, 1.165) is 11.1 Å². The molecule has 0 unspecified atom stereocenters. The lowest BCUT2D eigenvalue weighted by Crippen LogP contribution is -2.54. The Morgan fingerprint density at radius 2 is 1.83 bits per heavy atom. The van der Waals surface area contributed by atoms with Gasteiger partial charge in [0.15, 0.2) is 11.5 Å². The number of amides is 4. The van der Waals surface area contributed by atoms with E-state index in [1.165, 1.54) is 18.2 Å². The molecule has 1 N–H and O–H groups in total. The predicted molar refractivity (Wildman–Crippen MR) is 124 cm³/mol. The lowest BCUT2D eigenvalue weighted by atomic mass is 10.1. The summed E-state index contributed by atoms with van der Waals surface area (Å²) in [4.78, 5) is 52.8. The van der Waals surface area contributed by atoms with Crippen LogP contribution >= 0.6 is 0 Å². The summed E-state index contributed by atoms with van der Waals surface area (Å²) >= 11 is 0. The number of nitro groups is 1. The number of para-hydroxylation sites is 1. The number of imide groups is 2. The van der Waals surface area contributed by atoms with Gasteiger partial charge in [0.1, 0.15) is 11.8 Å². The highest BCUT2D eigenvalue weighted by atomic mass is 16.6. The van der Waals surface area contributed by atoms with Crippen molar-refractivity contribution in [3.05, 3.63) is 88.1 Å². The van der Waals surface area contributed by atoms with E-state index in [1.54, 1.807) is 55.5 Å². The predicted octanol–water partition coefficient (Wildman–Crippen LogP) is 3.85. The molecule has 4 amide bonds. The average molecular weight is 474 g/mol. The van der Waals surface area contributed by atoms with Crippen LogP contribution < -0.4 is 19.7 Å². The monoisotopic (exact) mass is 474 g/mol. The lowest BCUT2D eigenvalue weighted by molar-refractivity contribution is -0.385. The van der Waals surface area contributed by atoms with Gasteiger partial charge in [-0.05, 0) is 42.8 Å². The zero-order valence-electron chi connectivity index (χ0n) is 18.3. The number of nitrogens with one attached hydrogen (secondary N) is 1. The molecule has 0 bridgehead atoms. The van der Waals surface area contributed by atoms with Gasteiger partial charge in [0, 0.05) is 12.1 Å². The van der Waals surface area contributed by atoms with E-state index in [-0.39, 0.29) is 22.9 Å². The summed E-state index contributed by atoms with van der Waals surface area (Å²) in [5.74, 6) is -0.905. The van der Waals surface area contributed by atoms with Crippen LogP contribution in [0.3, 0.4) is 0 Å². The van der Waals surface area contributed by atoms with Crippen molar-refractivity contribution in [1.82, 2.24) is 10.3 Å². The van der Waals surface area contributed by atoms with Crippen molar-refractivity contribution in [2.45, 2.75) is 6.92 Å². The van der Waals surface area contributed by atoms with E-state index in [1.807, 2.05) is 0 Å². The Hall–Kier alpha value is -5.06. The Bertz CT molecular complexity index is 1340. The van der Waals surface area contributed by atoms with Crippen molar-refractivity contribution in [3.63, 3.8) is 0 Å². The van der Waals surface area contributed by atoms with Crippen molar-refractivity contribution in [2.75, 3.05) is 11.5 Å². The van der Waals surface area contributed by atoms with Crippen LogP contribution in [-0.2, 0) is 9.59 Å². The lowest BCUT2D eigenvalue weighted by Gasteiger charge is -2.26. The van der Waals surface area contributed by atoms with Crippen LogP contribution in [0, 0.1) is 10.1 Å². The van der Waals surface area contributed by atoms with Gasteiger partial charge in [-0.15, -0.1) is 0 Å². The summed E-state index contributed by atoms with van der Waals surface area (Å²) in [7, 11) is 0. The van der Waals surface area contributed by atoms with Crippen LogP contribution in [0.2, 0.25) is 0 Å². The quantitative estimate of drug-likeness (QED) is 0.236. The normalized spacial score (nSPS) is 14.6. The summed E-state index contributed by atoms with van der Waals surface area (Å²) in [6.07, 6.45) is 2.41. The van der Waals surface area contributed by atoms with Gasteiger partial charge in [-0.25, -0.2) is 14.7 Å². The molecule has 4 rings (SSSR count). The number of pyridine rings is 1. The highest BCUT2D eigenvalue weighted by Crippen LogP contribution is 2.33. The molecule has 2 aromatic carbocycles. The molecule has 0 atom stereocenters. The third-order valence-electron chi connectivity index (χ3n) is 4.84. The molecule has 0 aliphatic carbocycles. The molecule has 1 aliphatic heterocycles. The molecular weight excluding hydrogens is 456 g/mol. The first-order chi connectivity index (χ1) is 16.9.